The van der Waals surface area contributed by atoms with Crippen molar-refractivity contribution in [3.8, 4) is 0 Å². The van der Waals surface area contributed by atoms with Crippen LogP contribution in [0, 0.1) is 6.92 Å². The largest absolute Gasteiger partial charge is 0.388 e. The van der Waals surface area contributed by atoms with Crippen molar-refractivity contribution >= 4 is 11.4 Å². The second-order valence-electron chi connectivity index (χ2n) is 7.40. The molecule has 0 aromatic heterocycles. The van der Waals surface area contributed by atoms with Crippen molar-refractivity contribution in [1.29, 1.82) is 0 Å². The van der Waals surface area contributed by atoms with E-state index in [4.69, 9.17) is 0 Å². The zero-order chi connectivity index (χ0) is 16.5. The molecule has 1 heterocycles. The second kappa shape index (κ2) is 6.51. The summed E-state index contributed by atoms with van der Waals surface area (Å²) in [6.07, 6.45) is 6.62. The smallest absolute Gasteiger partial charge is 0.0432 e. The summed E-state index contributed by atoms with van der Waals surface area (Å²) in [7, 11) is 2.07. The number of fused-ring (bicyclic) bond motifs is 1. The summed E-state index contributed by atoms with van der Waals surface area (Å²) in [5, 5.41) is 3.47. The fraction of sp³-hybridized carbons (Fsp3) is 0.455. The molecule has 0 radical (unpaired) electrons. The lowest BCUT2D eigenvalue weighted by Gasteiger charge is -2.32. The summed E-state index contributed by atoms with van der Waals surface area (Å²) in [4.78, 5) is 2.56. The number of hydrogen-bond donors (Lipinski definition) is 1. The maximum absolute atomic E-state index is 3.47. The van der Waals surface area contributed by atoms with Gasteiger partial charge in [-0.1, -0.05) is 37.1 Å². The van der Waals surface area contributed by atoms with Gasteiger partial charge >= 0.3 is 0 Å². The van der Waals surface area contributed by atoms with Gasteiger partial charge in [-0.25, -0.2) is 0 Å². The number of rotatable bonds is 3. The van der Waals surface area contributed by atoms with Crippen LogP contribution in [0.5, 0.6) is 0 Å². The number of benzene rings is 2. The molecule has 4 rings (SSSR count). The summed E-state index contributed by atoms with van der Waals surface area (Å²) in [6, 6.07) is 13.8. The minimum absolute atomic E-state index is 0.739. The summed E-state index contributed by atoms with van der Waals surface area (Å²) in [5.74, 6) is 0.739. The van der Waals surface area contributed by atoms with Crippen LogP contribution in [-0.4, -0.2) is 13.6 Å². The summed E-state index contributed by atoms with van der Waals surface area (Å²) in [6.45, 7) is 4.42. The van der Waals surface area contributed by atoms with Crippen LogP contribution in [0.4, 0.5) is 11.4 Å². The van der Waals surface area contributed by atoms with E-state index in [9.17, 15) is 0 Å². The first-order valence-electron chi connectivity index (χ1n) is 9.40. The zero-order valence-electron chi connectivity index (χ0n) is 14.9. The molecule has 2 aromatic carbocycles. The van der Waals surface area contributed by atoms with E-state index < -0.39 is 0 Å². The van der Waals surface area contributed by atoms with Crippen molar-refractivity contribution in [3.05, 3.63) is 58.7 Å². The average Bonchev–Trinajstić information content (AvgIpc) is 3.15. The second-order valence-corrected chi connectivity index (χ2v) is 7.40. The fourth-order valence-electron chi connectivity index (χ4n) is 4.59. The molecule has 0 saturated heterocycles. The Morgan fingerprint density at radius 1 is 1.04 bits per heavy atom. The lowest BCUT2D eigenvalue weighted by atomic mass is 9.92. The first kappa shape index (κ1) is 15.6. The van der Waals surface area contributed by atoms with E-state index in [0.29, 0.717) is 0 Å². The molecule has 1 saturated carbocycles. The van der Waals surface area contributed by atoms with Gasteiger partial charge in [0, 0.05) is 31.5 Å². The molecule has 1 aliphatic carbocycles. The van der Waals surface area contributed by atoms with Crippen LogP contribution in [0.2, 0.25) is 0 Å². The molecular formula is C22H28N2. The van der Waals surface area contributed by atoms with Crippen molar-refractivity contribution in [2.75, 3.05) is 23.8 Å². The third kappa shape index (κ3) is 2.79. The van der Waals surface area contributed by atoms with Gasteiger partial charge in [-0.15, -0.1) is 0 Å². The Balaban J connectivity index is 1.68. The Kier molecular flexibility index (Phi) is 4.22. The third-order valence-corrected chi connectivity index (χ3v) is 5.89. The summed E-state index contributed by atoms with van der Waals surface area (Å²) < 4.78 is 0. The van der Waals surface area contributed by atoms with Gasteiger partial charge in [0.05, 0.1) is 0 Å². The van der Waals surface area contributed by atoms with E-state index >= 15 is 0 Å². The summed E-state index contributed by atoms with van der Waals surface area (Å²) >= 11 is 0. The van der Waals surface area contributed by atoms with Crippen molar-refractivity contribution in [1.82, 2.24) is 0 Å². The first-order chi connectivity index (χ1) is 11.8. The monoisotopic (exact) mass is 320 g/mol. The first-order valence-corrected chi connectivity index (χ1v) is 9.40. The van der Waals surface area contributed by atoms with Gasteiger partial charge in [-0.2, -0.15) is 0 Å². The van der Waals surface area contributed by atoms with E-state index in [1.54, 1.807) is 5.56 Å². The average molecular weight is 320 g/mol. The molecule has 2 heteroatoms. The van der Waals surface area contributed by atoms with Crippen LogP contribution in [-0.2, 0) is 13.0 Å². The standard InChI is InChI=1S/C22H28N2/c1-16-13-20(14-21(22(16)23-2)18-8-4-5-9-18)24-12-11-17-7-3-6-10-19(17)15-24/h3,6-7,10,13-14,18,23H,4-5,8-9,11-12,15H2,1-2H3. The molecule has 126 valence electrons. The van der Waals surface area contributed by atoms with E-state index in [0.717, 1.165) is 25.4 Å². The normalized spacial score (nSPS) is 17.8. The van der Waals surface area contributed by atoms with Crippen LogP contribution in [0.25, 0.3) is 0 Å². The van der Waals surface area contributed by atoms with Crippen LogP contribution < -0.4 is 10.2 Å². The van der Waals surface area contributed by atoms with E-state index in [2.05, 4.69) is 60.6 Å². The predicted molar refractivity (Wildman–Crippen MR) is 103 cm³/mol. The van der Waals surface area contributed by atoms with Crippen LogP contribution in [0.15, 0.2) is 36.4 Å². The number of aryl methyl sites for hydroxylation is 1. The fourth-order valence-corrected chi connectivity index (χ4v) is 4.59. The molecule has 0 spiro atoms. The Morgan fingerprint density at radius 2 is 1.79 bits per heavy atom. The zero-order valence-corrected chi connectivity index (χ0v) is 14.9. The molecule has 0 atom stereocenters. The van der Waals surface area contributed by atoms with Crippen LogP contribution in [0.3, 0.4) is 0 Å². The lowest BCUT2D eigenvalue weighted by Crippen LogP contribution is -2.30. The van der Waals surface area contributed by atoms with E-state index in [1.807, 2.05) is 0 Å². The number of nitrogens with one attached hydrogen (secondary N) is 1. The minimum Gasteiger partial charge on any atom is -0.388 e. The lowest BCUT2D eigenvalue weighted by molar-refractivity contribution is 0.713. The molecule has 2 aromatic rings. The Bertz CT molecular complexity index is 729. The SMILES string of the molecule is CNc1c(C)cc(N2CCc3ccccc3C2)cc1C1CCCC1. The van der Waals surface area contributed by atoms with Gasteiger partial charge < -0.3 is 10.2 Å². The van der Waals surface area contributed by atoms with Crippen molar-refractivity contribution < 1.29 is 0 Å². The van der Waals surface area contributed by atoms with Gasteiger partial charge in [0.2, 0.25) is 0 Å². The van der Waals surface area contributed by atoms with Gasteiger partial charge in [-0.3, -0.25) is 0 Å². The predicted octanol–water partition coefficient (Wildman–Crippen LogP) is 5.26. The molecular weight excluding hydrogens is 292 g/mol. The third-order valence-electron chi connectivity index (χ3n) is 5.89. The highest BCUT2D eigenvalue weighted by molar-refractivity contribution is 5.67. The Morgan fingerprint density at radius 3 is 2.54 bits per heavy atom. The van der Waals surface area contributed by atoms with Gasteiger partial charge in [0.25, 0.3) is 0 Å². The molecule has 1 aliphatic heterocycles. The summed E-state index contributed by atoms with van der Waals surface area (Å²) in [5.41, 5.74) is 8.71. The highest BCUT2D eigenvalue weighted by atomic mass is 15.1. The molecule has 0 bridgehead atoms. The molecule has 24 heavy (non-hydrogen) atoms. The van der Waals surface area contributed by atoms with Gasteiger partial charge in [0.15, 0.2) is 0 Å². The topological polar surface area (TPSA) is 15.3 Å². The maximum atomic E-state index is 3.47. The van der Waals surface area contributed by atoms with Gasteiger partial charge in [0.1, 0.15) is 0 Å². The molecule has 2 nitrogen and oxygen atoms in total. The van der Waals surface area contributed by atoms with Crippen molar-refractivity contribution in [3.63, 3.8) is 0 Å². The Hall–Kier alpha value is -1.96. The molecule has 1 fully saturated rings. The van der Waals surface area contributed by atoms with Crippen LogP contribution >= 0.6 is 0 Å². The Labute approximate surface area is 145 Å². The van der Waals surface area contributed by atoms with Gasteiger partial charge in [-0.05, 0) is 66.5 Å². The minimum atomic E-state index is 0.739. The van der Waals surface area contributed by atoms with Crippen LogP contribution in [0.1, 0.15) is 53.9 Å². The molecule has 2 aliphatic rings. The number of nitrogens with zero attached hydrogens (tertiary/aromatic N) is 1. The van der Waals surface area contributed by atoms with Crippen molar-refractivity contribution in [2.24, 2.45) is 0 Å². The number of anilines is 2. The highest BCUT2D eigenvalue weighted by Gasteiger charge is 2.23. The highest BCUT2D eigenvalue weighted by Crippen LogP contribution is 2.41. The van der Waals surface area contributed by atoms with E-state index in [-0.39, 0.29) is 0 Å². The maximum Gasteiger partial charge on any atom is 0.0432 e. The molecule has 0 amide bonds. The molecule has 1 N–H and O–H groups in total. The molecule has 0 unspecified atom stereocenters. The van der Waals surface area contributed by atoms with E-state index in [1.165, 1.54) is 53.7 Å². The number of hydrogen-bond acceptors (Lipinski definition) is 2. The quantitative estimate of drug-likeness (QED) is 0.830. The van der Waals surface area contributed by atoms with Crippen molar-refractivity contribution in [2.45, 2.75) is 51.5 Å².